The average Bonchev–Trinajstić information content (AvgIpc) is 3.05. The third-order valence-electron chi connectivity index (χ3n) is 4.94. The first-order chi connectivity index (χ1) is 11.2. The van der Waals surface area contributed by atoms with Crippen LogP contribution in [0.25, 0.3) is 0 Å². The van der Waals surface area contributed by atoms with E-state index in [0.717, 1.165) is 48.8 Å². The molecule has 4 rings (SSSR count). The van der Waals surface area contributed by atoms with Gasteiger partial charge in [-0.1, -0.05) is 6.42 Å². The highest BCUT2D eigenvalue weighted by Crippen LogP contribution is 2.29. The molecule has 1 aliphatic carbocycles. The largest absolute Gasteiger partial charge is 0.347 e. The lowest BCUT2D eigenvalue weighted by Gasteiger charge is -2.24. The molecule has 2 aromatic rings. The maximum absolute atomic E-state index is 12.6. The molecule has 0 fully saturated rings. The Morgan fingerprint density at radius 3 is 3.04 bits per heavy atom. The molecule has 0 bridgehead atoms. The number of carbonyl (C=O) groups excluding carboxylic acids is 1. The fourth-order valence-electron chi connectivity index (χ4n) is 3.62. The average molecular weight is 330 g/mol. The minimum absolute atomic E-state index is 0.0854. The number of aromatic nitrogens is 3. The van der Waals surface area contributed by atoms with E-state index < -0.39 is 0 Å². The van der Waals surface area contributed by atoms with Crippen molar-refractivity contribution in [1.82, 2.24) is 20.1 Å². The lowest BCUT2D eigenvalue weighted by molar-refractivity contribution is 0.0931. The van der Waals surface area contributed by atoms with Crippen molar-refractivity contribution >= 4 is 17.2 Å². The van der Waals surface area contributed by atoms with Crippen LogP contribution >= 0.6 is 11.3 Å². The van der Waals surface area contributed by atoms with Gasteiger partial charge in [0.05, 0.1) is 4.88 Å². The van der Waals surface area contributed by atoms with Gasteiger partial charge in [-0.25, -0.2) is 0 Å². The minimum Gasteiger partial charge on any atom is -0.347 e. The Morgan fingerprint density at radius 2 is 2.13 bits per heavy atom. The molecule has 5 nitrogen and oxygen atoms in total. The number of thiophene rings is 1. The van der Waals surface area contributed by atoms with E-state index in [9.17, 15) is 4.79 Å². The molecule has 0 saturated carbocycles. The van der Waals surface area contributed by atoms with Gasteiger partial charge in [0.25, 0.3) is 5.91 Å². The summed E-state index contributed by atoms with van der Waals surface area (Å²) >= 11 is 1.69. The maximum atomic E-state index is 12.6. The van der Waals surface area contributed by atoms with Crippen LogP contribution in [0.2, 0.25) is 0 Å². The highest BCUT2D eigenvalue weighted by molar-refractivity contribution is 7.14. The van der Waals surface area contributed by atoms with Crippen molar-refractivity contribution < 1.29 is 4.79 Å². The topological polar surface area (TPSA) is 59.8 Å². The molecule has 23 heavy (non-hydrogen) atoms. The third kappa shape index (κ3) is 2.92. The highest BCUT2D eigenvalue weighted by atomic mass is 32.1. The quantitative estimate of drug-likeness (QED) is 0.861. The number of carbonyl (C=O) groups is 1. The number of nitrogens with zero attached hydrogens (tertiary/aromatic N) is 3. The predicted molar refractivity (Wildman–Crippen MR) is 89.9 cm³/mol. The van der Waals surface area contributed by atoms with Gasteiger partial charge in [-0.2, -0.15) is 0 Å². The predicted octanol–water partition coefficient (Wildman–Crippen LogP) is 2.66. The summed E-state index contributed by atoms with van der Waals surface area (Å²) < 4.78 is 2.12. The van der Waals surface area contributed by atoms with Crippen LogP contribution in [0, 0.1) is 6.92 Å². The van der Waals surface area contributed by atoms with Crippen LogP contribution < -0.4 is 5.32 Å². The zero-order valence-corrected chi connectivity index (χ0v) is 14.3. The van der Waals surface area contributed by atoms with Gasteiger partial charge in [0.2, 0.25) is 0 Å². The van der Waals surface area contributed by atoms with Gasteiger partial charge in [0, 0.05) is 23.9 Å². The monoisotopic (exact) mass is 330 g/mol. The number of fused-ring (bicyclic) bond motifs is 2. The van der Waals surface area contributed by atoms with Crippen LogP contribution in [0.3, 0.4) is 0 Å². The molecule has 1 aliphatic heterocycles. The number of hydrogen-bond donors (Lipinski definition) is 1. The Morgan fingerprint density at radius 1 is 1.26 bits per heavy atom. The van der Waals surface area contributed by atoms with Crippen molar-refractivity contribution in [1.29, 1.82) is 0 Å². The second-order valence-corrected chi connectivity index (χ2v) is 7.74. The van der Waals surface area contributed by atoms with E-state index >= 15 is 0 Å². The van der Waals surface area contributed by atoms with Gasteiger partial charge in [-0.15, -0.1) is 21.5 Å². The minimum atomic E-state index is 0.0854. The van der Waals surface area contributed by atoms with Crippen LogP contribution in [0.5, 0.6) is 0 Å². The van der Waals surface area contributed by atoms with Crippen molar-refractivity contribution in [2.75, 3.05) is 0 Å². The Labute approximate surface area is 140 Å². The molecule has 2 aliphatic rings. The molecule has 0 aromatic carbocycles. The molecule has 1 amide bonds. The standard InChI is InChI=1S/C17H22N4OS/c1-11-19-20-16-8-7-13(10-21(11)16)18-17(22)15-9-12-5-3-2-4-6-14(12)23-15/h9,13H,2-8,10H2,1H3,(H,18,22)/t13-/m0/s1. The molecule has 1 atom stereocenters. The lowest BCUT2D eigenvalue weighted by Crippen LogP contribution is -2.41. The smallest absolute Gasteiger partial charge is 0.261 e. The first-order valence-electron chi connectivity index (χ1n) is 8.52. The van der Waals surface area contributed by atoms with Crippen molar-refractivity contribution in [3.05, 3.63) is 33.0 Å². The molecule has 6 heteroatoms. The summed E-state index contributed by atoms with van der Waals surface area (Å²) in [5.74, 6) is 2.06. The molecule has 3 heterocycles. The Hall–Kier alpha value is -1.69. The summed E-state index contributed by atoms with van der Waals surface area (Å²) in [5.41, 5.74) is 1.40. The second-order valence-electron chi connectivity index (χ2n) is 6.60. The summed E-state index contributed by atoms with van der Waals surface area (Å²) in [6.45, 7) is 2.75. The lowest BCUT2D eigenvalue weighted by atomic mass is 10.1. The van der Waals surface area contributed by atoms with Crippen LogP contribution in [0.15, 0.2) is 6.07 Å². The van der Waals surface area contributed by atoms with Crippen LogP contribution in [0.1, 0.15) is 57.4 Å². The van der Waals surface area contributed by atoms with E-state index in [2.05, 4.69) is 26.1 Å². The number of hydrogen-bond acceptors (Lipinski definition) is 4. The fourth-order valence-corrected chi connectivity index (χ4v) is 4.77. The summed E-state index contributed by atoms with van der Waals surface area (Å²) in [6.07, 6.45) is 7.91. The molecule has 1 N–H and O–H groups in total. The van der Waals surface area contributed by atoms with Gasteiger partial charge < -0.3 is 9.88 Å². The summed E-state index contributed by atoms with van der Waals surface area (Å²) in [4.78, 5) is 14.9. The van der Waals surface area contributed by atoms with E-state index in [0.29, 0.717) is 0 Å². The molecule has 2 aromatic heterocycles. The Kier molecular flexibility index (Phi) is 3.93. The molecule has 0 radical (unpaired) electrons. The summed E-state index contributed by atoms with van der Waals surface area (Å²) in [7, 11) is 0. The number of amides is 1. The van der Waals surface area contributed by atoms with Crippen molar-refractivity contribution in [2.24, 2.45) is 0 Å². The summed E-state index contributed by atoms with van der Waals surface area (Å²) in [6, 6.07) is 2.30. The van der Waals surface area contributed by atoms with Crippen LogP contribution in [-0.2, 0) is 25.8 Å². The SMILES string of the molecule is Cc1nnc2n1C[C@@H](NC(=O)c1cc3c(s1)CCCCC3)CC2. The maximum Gasteiger partial charge on any atom is 0.261 e. The number of nitrogens with one attached hydrogen (secondary N) is 1. The highest BCUT2D eigenvalue weighted by Gasteiger charge is 2.24. The van der Waals surface area contributed by atoms with E-state index in [1.807, 2.05) is 6.92 Å². The van der Waals surface area contributed by atoms with Gasteiger partial charge >= 0.3 is 0 Å². The second kappa shape index (κ2) is 6.07. The first-order valence-corrected chi connectivity index (χ1v) is 9.33. The fraction of sp³-hybridized carbons (Fsp3) is 0.588. The van der Waals surface area contributed by atoms with Gasteiger partial charge in [-0.3, -0.25) is 4.79 Å². The van der Waals surface area contributed by atoms with E-state index in [1.54, 1.807) is 11.3 Å². The number of aryl methyl sites for hydroxylation is 4. The molecule has 0 unspecified atom stereocenters. The van der Waals surface area contributed by atoms with Crippen molar-refractivity contribution in [3.63, 3.8) is 0 Å². The Bertz CT molecular complexity index is 710. The van der Waals surface area contributed by atoms with Crippen LogP contribution in [-0.4, -0.2) is 26.7 Å². The molecule has 0 spiro atoms. The van der Waals surface area contributed by atoms with Gasteiger partial charge in [0.15, 0.2) is 0 Å². The van der Waals surface area contributed by atoms with E-state index in [-0.39, 0.29) is 11.9 Å². The molecular weight excluding hydrogens is 308 g/mol. The normalized spacial score (nSPS) is 20.5. The van der Waals surface area contributed by atoms with Crippen molar-refractivity contribution in [2.45, 2.75) is 64.5 Å². The van der Waals surface area contributed by atoms with E-state index in [4.69, 9.17) is 0 Å². The first kappa shape index (κ1) is 14.9. The van der Waals surface area contributed by atoms with Crippen molar-refractivity contribution in [3.8, 4) is 0 Å². The molecular formula is C17H22N4OS. The van der Waals surface area contributed by atoms with Crippen LogP contribution in [0.4, 0.5) is 0 Å². The molecule has 0 saturated heterocycles. The van der Waals surface area contributed by atoms with Gasteiger partial charge in [0.1, 0.15) is 11.6 Å². The summed E-state index contributed by atoms with van der Waals surface area (Å²) in [5, 5.41) is 11.5. The van der Waals surface area contributed by atoms with E-state index in [1.165, 1.54) is 29.7 Å². The zero-order valence-electron chi connectivity index (χ0n) is 13.5. The Balaban J connectivity index is 1.45. The zero-order chi connectivity index (χ0) is 15.8. The third-order valence-corrected chi connectivity index (χ3v) is 6.17. The molecule has 122 valence electrons. The van der Waals surface area contributed by atoms with Gasteiger partial charge in [-0.05, 0) is 50.7 Å². The number of rotatable bonds is 2.